The number of hydrogen-bond donors (Lipinski definition) is 0. The van der Waals surface area contributed by atoms with Crippen LogP contribution in [0.3, 0.4) is 0 Å². The fourth-order valence-electron chi connectivity index (χ4n) is 2.43. The lowest BCUT2D eigenvalue weighted by atomic mass is 10.0. The fraction of sp³-hybridized carbons (Fsp3) is 0.688. The second kappa shape index (κ2) is 8.12. The van der Waals surface area contributed by atoms with Gasteiger partial charge in [-0.05, 0) is 32.3 Å². The highest BCUT2D eigenvalue weighted by atomic mass is 15.2. The molecular formula is C16H28N2. The minimum absolute atomic E-state index is 0.501. The summed E-state index contributed by atoms with van der Waals surface area (Å²) in [5, 5.41) is 0. The van der Waals surface area contributed by atoms with E-state index in [4.69, 9.17) is 0 Å². The zero-order valence-corrected chi connectivity index (χ0v) is 12.4. The highest BCUT2D eigenvalue weighted by Crippen LogP contribution is 2.23. The summed E-state index contributed by atoms with van der Waals surface area (Å²) in [5.41, 5.74) is 0. The van der Waals surface area contributed by atoms with Gasteiger partial charge in [0.05, 0.1) is 0 Å². The van der Waals surface area contributed by atoms with Crippen molar-refractivity contribution in [2.24, 2.45) is 10.9 Å². The quantitative estimate of drug-likeness (QED) is 0.671. The van der Waals surface area contributed by atoms with Crippen molar-refractivity contribution in [3.8, 4) is 0 Å². The van der Waals surface area contributed by atoms with Crippen molar-refractivity contribution in [3.63, 3.8) is 0 Å². The lowest BCUT2D eigenvalue weighted by molar-refractivity contribution is 0.395. The molecule has 2 rings (SSSR count). The van der Waals surface area contributed by atoms with Crippen LogP contribution in [0.1, 0.15) is 53.4 Å². The number of aliphatic imine (C=N–C) groups is 1. The number of amidine groups is 1. The van der Waals surface area contributed by atoms with E-state index in [1.54, 1.807) is 0 Å². The molecule has 0 aromatic heterocycles. The molecule has 2 nitrogen and oxygen atoms in total. The Morgan fingerprint density at radius 1 is 1.28 bits per heavy atom. The van der Waals surface area contributed by atoms with Gasteiger partial charge in [0, 0.05) is 24.7 Å². The summed E-state index contributed by atoms with van der Waals surface area (Å²) in [5.74, 6) is 1.77. The average Bonchev–Trinajstić information content (AvgIpc) is 2.65. The van der Waals surface area contributed by atoms with Crippen molar-refractivity contribution in [1.82, 2.24) is 4.90 Å². The summed E-state index contributed by atoms with van der Waals surface area (Å²) >= 11 is 0. The third-order valence-corrected chi connectivity index (χ3v) is 3.37. The fourth-order valence-corrected chi connectivity index (χ4v) is 2.43. The van der Waals surface area contributed by atoms with Crippen molar-refractivity contribution >= 4 is 5.84 Å². The molecule has 0 aromatic carbocycles. The maximum atomic E-state index is 4.61. The zero-order chi connectivity index (χ0) is 13.4. The molecule has 0 radical (unpaired) electrons. The van der Waals surface area contributed by atoms with Gasteiger partial charge in [0.2, 0.25) is 0 Å². The molecular weight excluding hydrogens is 220 g/mol. The predicted molar refractivity (Wildman–Crippen MR) is 80.9 cm³/mol. The Balaban J connectivity index is 0.000000492. The van der Waals surface area contributed by atoms with E-state index in [1.165, 1.54) is 31.6 Å². The molecule has 0 N–H and O–H groups in total. The van der Waals surface area contributed by atoms with Crippen LogP contribution in [0, 0.1) is 5.92 Å². The van der Waals surface area contributed by atoms with Gasteiger partial charge >= 0.3 is 0 Å². The van der Waals surface area contributed by atoms with Crippen LogP contribution >= 0.6 is 0 Å². The second-order valence-electron chi connectivity index (χ2n) is 5.12. The number of nitrogens with zero attached hydrogens (tertiary/aromatic N) is 2. The second-order valence-corrected chi connectivity index (χ2v) is 5.12. The summed E-state index contributed by atoms with van der Waals surface area (Å²) < 4.78 is 0. The molecule has 2 heteroatoms. The Morgan fingerprint density at radius 3 is 2.56 bits per heavy atom. The van der Waals surface area contributed by atoms with Gasteiger partial charge in [0.15, 0.2) is 0 Å². The normalized spacial score (nSPS) is 26.4. The Hall–Kier alpha value is -1.05. The van der Waals surface area contributed by atoms with E-state index < -0.39 is 0 Å². The van der Waals surface area contributed by atoms with Gasteiger partial charge in [0.25, 0.3) is 0 Å². The Morgan fingerprint density at radius 2 is 2.00 bits per heavy atom. The smallest absolute Gasteiger partial charge is 0.111 e. The Bertz CT molecular complexity index is 315. The highest BCUT2D eigenvalue weighted by Gasteiger charge is 2.26. The van der Waals surface area contributed by atoms with Crippen LogP contribution in [0.2, 0.25) is 0 Å². The molecule has 0 aliphatic carbocycles. The molecule has 1 saturated heterocycles. The number of likely N-dealkylation sites (tertiary alicyclic amines) is 1. The number of allylic oxidation sites excluding steroid dienone is 2. The topological polar surface area (TPSA) is 15.6 Å². The molecule has 0 amide bonds. The first-order chi connectivity index (χ1) is 8.74. The van der Waals surface area contributed by atoms with Crippen LogP contribution in [0.4, 0.5) is 0 Å². The molecule has 0 bridgehead atoms. The van der Waals surface area contributed by atoms with Crippen molar-refractivity contribution in [2.75, 3.05) is 6.54 Å². The van der Waals surface area contributed by atoms with E-state index in [1.807, 2.05) is 12.3 Å². The van der Waals surface area contributed by atoms with Crippen molar-refractivity contribution in [1.29, 1.82) is 0 Å². The molecule has 0 spiro atoms. The monoisotopic (exact) mass is 248 g/mol. The van der Waals surface area contributed by atoms with Crippen molar-refractivity contribution < 1.29 is 0 Å². The molecule has 0 saturated carbocycles. The first kappa shape index (κ1) is 15.0. The number of hydrogen-bond acceptors (Lipinski definition) is 2. The molecule has 2 aliphatic rings. The van der Waals surface area contributed by atoms with Crippen LogP contribution in [0.15, 0.2) is 29.4 Å². The molecule has 2 unspecified atom stereocenters. The summed E-state index contributed by atoms with van der Waals surface area (Å²) in [6, 6.07) is 0.665. The summed E-state index contributed by atoms with van der Waals surface area (Å²) in [7, 11) is 0. The summed E-state index contributed by atoms with van der Waals surface area (Å²) in [6.07, 6.45) is 13.3. The lowest BCUT2D eigenvalue weighted by Crippen LogP contribution is -2.37. The number of rotatable bonds is 1. The summed E-state index contributed by atoms with van der Waals surface area (Å²) in [4.78, 5) is 7.09. The minimum atomic E-state index is 0.501. The van der Waals surface area contributed by atoms with Crippen LogP contribution in [-0.4, -0.2) is 23.3 Å². The maximum Gasteiger partial charge on any atom is 0.111 e. The third kappa shape index (κ3) is 4.01. The Kier molecular flexibility index (Phi) is 6.77. The average molecular weight is 248 g/mol. The van der Waals surface area contributed by atoms with E-state index in [0.29, 0.717) is 12.0 Å². The third-order valence-electron chi connectivity index (χ3n) is 3.37. The van der Waals surface area contributed by atoms with Crippen LogP contribution in [-0.2, 0) is 0 Å². The van der Waals surface area contributed by atoms with Gasteiger partial charge in [-0.25, -0.2) is 4.99 Å². The molecule has 18 heavy (non-hydrogen) atoms. The van der Waals surface area contributed by atoms with Gasteiger partial charge in [-0.1, -0.05) is 39.3 Å². The molecule has 0 aromatic rings. The van der Waals surface area contributed by atoms with Gasteiger partial charge in [-0.15, -0.1) is 0 Å². The van der Waals surface area contributed by atoms with E-state index in [-0.39, 0.29) is 0 Å². The Labute approximate surface area is 112 Å². The maximum absolute atomic E-state index is 4.61. The first-order valence-corrected chi connectivity index (χ1v) is 7.42. The van der Waals surface area contributed by atoms with Gasteiger partial charge in [-0.3, -0.25) is 0 Å². The van der Waals surface area contributed by atoms with Gasteiger partial charge < -0.3 is 4.90 Å². The molecule has 2 atom stereocenters. The largest absolute Gasteiger partial charge is 0.357 e. The van der Waals surface area contributed by atoms with E-state index in [2.05, 4.69) is 49.7 Å². The molecule has 2 heterocycles. The lowest BCUT2D eigenvalue weighted by Gasteiger charge is -2.28. The van der Waals surface area contributed by atoms with Crippen LogP contribution < -0.4 is 0 Å². The van der Waals surface area contributed by atoms with Crippen LogP contribution in [0.25, 0.3) is 0 Å². The highest BCUT2D eigenvalue weighted by molar-refractivity contribution is 5.87. The zero-order valence-electron chi connectivity index (χ0n) is 12.4. The van der Waals surface area contributed by atoms with Crippen molar-refractivity contribution in [2.45, 2.75) is 59.4 Å². The van der Waals surface area contributed by atoms with E-state index in [9.17, 15) is 0 Å². The van der Waals surface area contributed by atoms with Crippen molar-refractivity contribution in [3.05, 3.63) is 24.4 Å². The molecule has 2 aliphatic heterocycles. The van der Waals surface area contributed by atoms with E-state index >= 15 is 0 Å². The SMILES string of the molecule is CCC.CCC1C=CC=CN=C1N1CCCC1C. The summed E-state index contributed by atoms with van der Waals surface area (Å²) in [6.45, 7) is 9.97. The molecule has 1 fully saturated rings. The van der Waals surface area contributed by atoms with Gasteiger partial charge in [-0.2, -0.15) is 0 Å². The minimum Gasteiger partial charge on any atom is -0.357 e. The van der Waals surface area contributed by atoms with Gasteiger partial charge in [0.1, 0.15) is 5.84 Å². The van der Waals surface area contributed by atoms with Crippen LogP contribution in [0.5, 0.6) is 0 Å². The first-order valence-electron chi connectivity index (χ1n) is 7.42. The molecule has 102 valence electrons. The predicted octanol–water partition coefficient (Wildman–Crippen LogP) is 4.40. The van der Waals surface area contributed by atoms with E-state index in [0.717, 1.165) is 6.42 Å². The standard InChI is InChI=1S/C13H20N2.C3H8/c1-3-12-8-4-5-9-14-13(12)15-10-6-7-11(15)2;1-3-2/h4-5,8-9,11-12H,3,6-7,10H2,1-2H3;3H2,1-2H3.